The summed E-state index contributed by atoms with van der Waals surface area (Å²) in [6.07, 6.45) is 3.28. The van der Waals surface area contributed by atoms with E-state index in [4.69, 9.17) is 4.98 Å². The molecule has 0 bridgehead atoms. The van der Waals surface area contributed by atoms with Crippen LogP contribution in [0.3, 0.4) is 0 Å². The minimum Gasteiger partial charge on any atom is -0.387 e. The zero-order chi connectivity index (χ0) is 20.1. The fraction of sp³-hybridized carbons (Fsp3) is 0.333. The monoisotopic (exact) mass is 389 g/mol. The summed E-state index contributed by atoms with van der Waals surface area (Å²) in [7, 11) is 1.82. The van der Waals surface area contributed by atoms with Gasteiger partial charge in [-0.2, -0.15) is 0 Å². The summed E-state index contributed by atoms with van der Waals surface area (Å²) in [4.78, 5) is 29.2. The van der Waals surface area contributed by atoms with Gasteiger partial charge in [0.15, 0.2) is 11.3 Å². The third-order valence-electron chi connectivity index (χ3n) is 5.52. The van der Waals surface area contributed by atoms with Gasteiger partial charge in [0, 0.05) is 38.4 Å². The quantitative estimate of drug-likeness (QED) is 0.547. The van der Waals surface area contributed by atoms with Crippen molar-refractivity contribution in [3.05, 3.63) is 42.4 Å². The van der Waals surface area contributed by atoms with Gasteiger partial charge in [-0.15, -0.1) is 0 Å². The van der Waals surface area contributed by atoms with E-state index in [0.29, 0.717) is 30.0 Å². The molecule has 1 saturated heterocycles. The summed E-state index contributed by atoms with van der Waals surface area (Å²) >= 11 is 0. The lowest BCUT2D eigenvalue weighted by molar-refractivity contribution is 0.0676. The van der Waals surface area contributed by atoms with Gasteiger partial charge in [0.25, 0.3) is 5.91 Å². The number of nitrogens with one attached hydrogen (secondary N) is 2. The van der Waals surface area contributed by atoms with Crippen LogP contribution in [0.2, 0.25) is 0 Å². The number of para-hydroxylation sites is 2. The van der Waals surface area contributed by atoms with E-state index in [1.807, 2.05) is 40.6 Å². The lowest BCUT2D eigenvalue weighted by Crippen LogP contribution is -2.56. The maximum atomic E-state index is 13.8. The molecule has 0 aliphatic carbocycles. The Kier molecular flexibility index (Phi) is 4.09. The number of carbonyl (C=O) groups is 1. The second-order valence-electron chi connectivity index (χ2n) is 7.70. The molecule has 2 atom stereocenters. The number of pyridine rings is 1. The summed E-state index contributed by atoms with van der Waals surface area (Å²) in [5.41, 5.74) is 4.37. The Bertz CT molecular complexity index is 1240. The van der Waals surface area contributed by atoms with Gasteiger partial charge in [-0.3, -0.25) is 9.20 Å². The number of nitrogens with zero attached hydrogens (tertiary/aromatic N) is 5. The fourth-order valence-corrected chi connectivity index (χ4v) is 4.45. The summed E-state index contributed by atoms with van der Waals surface area (Å²) in [5, 5.41) is 7.50. The number of hydrogen-bond donors (Lipinski definition) is 2. The van der Waals surface area contributed by atoms with Crippen LogP contribution in [-0.2, 0) is 0 Å². The molecule has 2 N–H and O–H groups in total. The number of rotatable bonds is 2. The van der Waals surface area contributed by atoms with Crippen molar-refractivity contribution in [1.29, 1.82) is 0 Å². The van der Waals surface area contributed by atoms with Gasteiger partial charge in [-0.1, -0.05) is 12.1 Å². The van der Waals surface area contributed by atoms with Crippen LogP contribution < -0.4 is 10.6 Å². The molecule has 1 aromatic carbocycles. The molecule has 0 spiro atoms. The molecule has 1 aliphatic heterocycles. The summed E-state index contributed by atoms with van der Waals surface area (Å²) in [6.45, 7) is 5.51. The van der Waals surface area contributed by atoms with Crippen molar-refractivity contribution in [3.8, 4) is 0 Å². The Labute approximate surface area is 168 Å². The first-order chi connectivity index (χ1) is 14.1. The van der Waals surface area contributed by atoms with Gasteiger partial charge < -0.3 is 15.5 Å². The van der Waals surface area contributed by atoms with Crippen LogP contribution in [0.5, 0.6) is 0 Å². The van der Waals surface area contributed by atoms with Crippen LogP contribution in [0.25, 0.3) is 27.7 Å². The van der Waals surface area contributed by atoms with Crippen LogP contribution in [0.15, 0.2) is 36.8 Å². The largest absolute Gasteiger partial charge is 0.387 e. The Balaban J connectivity index is 1.85. The lowest BCUT2D eigenvalue weighted by Gasteiger charge is -2.36. The molecule has 3 aromatic heterocycles. The van der Waals surface area contributed by atoms with Gasteiger partial charge >= 0.3 is 0 Å². The van der Waals surface area contributed by atoms with E-state index in [9.17, 15) is 4.79 Å². The Morgan fingerprint density at radius 1 is 1.17 bits per heavy atom. The second-order valence-corrected chi connectivity index (χ2v) is 7.70. The van der Waals surface area contributed by atoms with Crippen LogP contribution in [0, 0.1) is 0 Å². The molecule has 148 valence electrons. The molecular weight excluding hydrogens is 366 g/mol. The van der Waals surface area contributed by atoms with Crippen molar-refractivity contribution in [1.82, 2.24) is 29.6 Å². The van der Waals surface area contributed by atoms with Gasteiger partial charge in [0.05, 0.1) is 22.1 Å². The lowest BCUT2D eigenvalue weighted by atomic mass is 10.1. The highest BCUT2D eigenvalue weighted by Crippen LogP contribution is 2.33. The van der Waals surface area contributed by atoms with Crippen LogP contribution in [-0.4, -0.2) is 62.4 Å². The van der Waals surface area contributed by atoms with Crippen molar-refractivity contribution < 1.29 is 4.79 Å². The number of carbonyl (C=O) groups excluding carboxylic acids is 1. The fourth-order valence-electron chi connectivity index (χ4n) is 4.45. The summed E-state index contributed by atoms with van der Waals surface area (Å²) < 4.78 is 1.97. The average Bonchev–Trinajstić information content (AvgIpc) is 3.11. The standard InChI is InChI=1S/C21H23N7O/c1-12-9-27(10-13(2)25-12)21(29)17-18(22-3)14-8-23-11-24-19(14)28-16-7-5-4-6-15(16)26-20(17)28/h4-8,11-13,22,25H,9-10H2,1-3H3/t12-,13+. The van der Waals surface area contributed by atoms with Crippen molar-refractivity contribution in [2.24, 2.45) is 0 Å². The van der Waals surface area contributed by atoms with Gasteiger partial charge in [-0.05, 0) is 26.0 Å². The topological polar surface area (TPSA) is 87.5 Å². The predicted molar refractivity (Wildman–Crippen MR) is 113 cm³/mol. The van der Waals surface area contributed by atoms with E-state index in [2.05, 4.69) is 34.4 Å². The molecule has 29 heavy (non-hydrogen) atoms. The number of piperazine rings is 1. The SMILES string of the molecule is CNc1c(C(=O)N2C[C@@H](C)N[C@@H](C)C2)c2nc3ccccc3n2c2ncncc12. The summed E-state index contributed by atoms with van der Waals surface area (Å²) in [6, 6.07) is 8.35. The number of aromatic nitrogens is 4. The number of fused-ring (bicyclic) bond motifs is 5. The van der Waals surface area contributed by atoms with Crippen molar-refractivity contribution >= 4 is 39.3 Å². The Hall–Kier alpha value is -3.26. The molecule has 4 heterocycles. The molecule has 1 amide bonds. The van der Waals surface area contributed by atoms with Crippen LogP contribution >= 0.6 is 0 Å². The number of benzene rings is 1. The molecule has 0 saturated carbocycles. The molecule has 0 radical (unpaired) electrons. The van der Waals surface area contributed by atoms with Gasteiger partial charge in [0.2, 0.25) is 0 Å². The highest BCUT2D eigenvalue weighted by molar-refractivity contribution is 6.13. The highest BCUT2D eigenvalue weighted by Gasteiger charge is 2.30. The Morgan fingerprint density at radius 2 is 1.93 bits per heavy atom. The molecule has 1 aliphatic rings. The van der Waals surface area contributed by atoms with E-state index >= 15 is 0 Å². The van der Waals surface area contributed by atoms with Crippen molar-refractivity contribution in [2.45, 2.75) is 25.9 Å². The normalized spacial score (nSPS) is 19.9. The predicted octanol–water partition coefficient (Wildman–Crippen LogP) is 2.29. The minimum absolute atomic E-state index is 0.0272. The van der Waals surface area contributed by atoms with Crippen LogP contribution in [0.1, 0.15) is 24.2 Å². The van der Waals surface area contributed by atoms with Crippen LogP contribution in [0.4, 0.5) is 5.69 Å². The highest BCUT2D eigenvalue weighted by atomic mass is 16.2. The van der Waals surface area contributed by atoms with Crippen molar-refractivity contribution in [2.75, 3.05) is 25.5 Å². The number of imidazole rings is 1. The first-order valence-electron chi connectivity index (χ1n) is 9.84. The second kappa shape index (κ2) is 6.66. The van der Waals surface area contributed by atoms with E-state index in [-0.39, 0.29) is 18.0 Å². The summed E-state index contributed by atoms with van der Waals surface area (Å²) in [5.74, 6) is -0.0272. The molecule has 8 heteroatoms. The number of hydrogen-bond acceptors (Lipinski definition) is 6. The maximum Gasteiger partial charge on any atom is 0.259 e. The first kappa shape index (κ1) is 17.8. The molecule has 0 unspecified atom stereocenters. The molecule has 5 rings (SSSR count). The number of anilines is 1. The van der Waals surface area contributed by atoms with E-state index in [1.165, 1.54) is 6.33 Å². The van der Waals surface area contributed by atoms with Crippen molar-refractivity contribution in [3.63, 3.8) is 0 Å². The maximum absolute atomic E-state index is 13.8. The minimum atomic E-state index is -0.0272. The van der Waals surface area contributed by atoms with E-state index in [0.717, 1.165) is 22.1 Å². The smallest absolute Gasteiger partial charge is 0.259 e. The Morgan fingerprint density at radius 3 is 2.69 bits per heavy atom. The molecule has 8 nitrogen and oxygen atoms in total. The average molecular weight is 389 g/mol. The van der Waals surface area contributed by atoms with Gasteiger partial charge in [0.1, 0.15) is 11.9 Å². The molecule has 4 aromatic rings. The van der Waals surface area contributed by atoms with E-state index < -0.39 is 0 Å². The molecular formula is C21H23N7O. The van der Waals surface area contributed by atoms with E-state index in [1.54, 1.807) is 6.20 Å². The third-order valence-corrected chi connectivity index (χ3v) is 5.52. The molecule has 1 fully saturated rings. The first-order valence-corrected chi connectivity index (χ1v) is 9.84. The zero-order valence-electron chi connectivity index (χ0n) is 16.7. The van der Waals surface area contributed by atoms with Gasteiger partial charge in [-0.25, -0.2) is 15.0 Å². The third kappa shape index (κ3) is 2.71. The zero-order valence-corrected chi connectivity index (χ0v) is 16.7. The number of amides is 1.